The van der Waals surface area contributed by atoms with Crippen LogP contribution in [-0.2, 0) is 19.6 Å². The summed E-state index contributed by atoms with van der Waals surface area (Å²) in [6.45, 7) is 1.85. The van der Waals surface area contributed by atoms with Gasteiger partial charge in [-0.05, 0) is 48.9 Å². The predicted octanol–water partition coefficient (Wildman–Crippen LogP) is 0.802. The van der Waals surface area contributed by atoms with Gasteiger partial charge in [-0.3, -0.25) is 9.59 Å². The third kappa shape index (κ3) is 4.31. The first-order valence-corrected chi connectivity index (χ1v) is 8.33. The maximum Gasteiger partial charge on any atom is 0.314 e. The average Bonchev–Trinajstić information content (AvgIpc) is 2.49. The second-order valence-corrected chi connectivity index (χ2v) is 6.63. The Morgan fingerprint density at radius 3 is 2.08 bits per heavy atom. The quantitative estimate of drug-likeness (QED) is 0.479. The Morgan fingerprint density at radius 2 is 1.54 bits per heavy atom. The minimum absolute atomic E-state index is 0.0996. The zero-order valence-electron chi connectivity index (χ0n) is 12.7. The van der Waals surface area contributed by atoms with Crippen LogP contribution in [0.5, 0.6) is 0 Å². The van der Waals surface area contributed by atoms with E-state index < -0.39 is 21.8 Å². The first-order valence-electron chi connectivity index (χ1n) is 6.78. The Balaban J connectivity index is 2.05. The standard InChI is InChI=1S/C15H16N4O4S/c1-9-2-7-13(12(16)8-9)19-15(21)14(20)18-10-3-5-11(6-4-10)24(17,22)23/h2-8H,16H2,1H3,(H,18,20)(H,19,21)(H2,17,22,23). The molecule has 0 radical (unpaired) electrons. The summed E-state index contributed by atoms with van der Waals surface area (Å²) in [5.41, 5.74) is 7.60. The Hall–Kier alpha value is -2.91. The number of hydrogen-bond donors (Lipinski definition) is 4. The first-order chi connectivity index (χ1) is 11.2. The van der Waals surface area contributed by atoms with Crippen molar-refractivity contribution in [1.82, 2.24) is 0 Å². The van der Waals surface area contributed by atoms with E-state index in [4.69, 9.17) is 10.9 Å². The lowest BCUT2D eigenvalue weighted by Crippen LogP contribution is -2.29. The molecule has 0 aliphatic rings. The maximum atomic E-state index is 11.9. The van der Waals surface area contributed by atoms with Crippen LogP contribution in [0, 0.1) is 6.92 Å². The van der Waals surface area contributed by atoms with E-state index in [1.165, 1.54) is 24.3 Å². The van der Waals surface area contributed by atoms with Crippen LogP contribution in [0.3, 0.4) is 0 Å². The number of primary sulfonamides is 1. The highest BCUT2D eigenvalue weighted by Crippen LogP contribution is 2.19. The van der Waals surface area contributed by atoms with Gasteiger partial charge in [-0.15, -0.1) is 0 Å². The molecule has 0 atom stereocenters. The molecule has 6 N–H and O–H groups in total. The van der Waals surface area contributed by atoms with E-state index >= 15 is 0 Å². The van der Waals surface area contributed by atoms with Gasteiger partial charge in [0.1, 0.15) is 0 Å². The van der Waals surface area contributed by atoms with Crippen molar-refractivity contribution in [2.75, 3.05) is 16.4 Å². The summed E-state index contributed by atoms with van der Waals surface area (Å²) in [7, 11) is -3.82. The van der Waals surface area contributed by atoms with Crippen molar-refractivity contribution in [3.63, 3.8) is 0 Å². The van der Waals surface area contributed by atoms with Gasteiger partial charge in [0.2, 0.25) is 10.0 Å². The third-order valence-electron chi connectivity index (χ3n) is 3.10. The number of sulfonamides is 1. The van der Waals surface area contributed by atoms with Gasteiger partial charge in [0.25, 0.3) is 0 Å². The van der Waals surface area contributed by atoms with E-state index in [0.717, 1.165) is 5.56 Å². The van der Waals surface area contributed by atoms with Gasteiger partial charge in [0.05, 0.1) is 16.3 Å². The number of anilines is 3. The van der Waals surface area contributed by atoms with Gasteiger partial charge in [-0.1, -0.05) is 6.07 Å². The molecule has 0 saturated carbocycles. The topological polar surface area (TPSA) is 144 Å². The number of hydrogen-bond acceptors (Lipinski definition) is 5. The summed E-state index contributed by atoms with van der Waals surface area (Å²) >= 11 is 0. The van der Waals surface area contributed by atoms with Crippen molar-refractivity contribution < 1.29 is 18.0 Å². The molecule has 0 fully saturated rings. The van der Waals surface area contributed by atoms with E-state index in [2.05, 4.69) is 10.6 Å². The van der Waals surface area contributed by atoms with E-state index in [1.54, 1.807) is 18.2 Å². The fourth-order valence-electron chi connectivity index (χ4n) is 1.89. The molecule has 24 heavy (non-hydrogen) atoms. The van der Waals surface area contributed by atoms with Gasteiger partial charge in [0, 0.05) is 5.69 Å². The van der Waals surface area contributed by atoms with Gasteiger partial charge >= 0.3 is 11.8 Å². The number of carbonyl (C=O) groups is 2. The summed E-state index contributed by atoms with van der Waals surface area (Å²) < 4.78 is 22.3. The number of nitrogen functional groups attached to an aromatic ring is 1. The minimum Gasteiger partial charge on any atom is -0.397 e. The predicted molar refractivity (Wildman–Crippen MR) is 90.7 cm³/mol. The Bertz CT molecular complexity index is 892. The normalized spacial score (nSPS) is 10.9. The van der Waals surface area contributed by atoms with E-state index in [0.29, 0.717) is 11.4 Å². The fourth-order valence-corrected chi connectivity index (χ4v) is 2.41. The van der Waals surface area contributed by atoms with Crippen LogP contribution in [0.2, 0.25) is 0 Å². The number of carbonyl (C=O) groups excluding carboxylic acids is 2. The second-order valence-electron chi connectivity index (χ2n) is 5.07. The second kappa shape index (κ2) is 6.69. The maximum absolute atomic E-state index is 11.9. The zero-order chi connectivity index (χ0) is 17.9. The Kier molecular flexibility index (Phi) is 4.86. The molecule has 0 unspecified atom stereocenters. The highest BCUT2D eigenvalue weighted by atomic mass is 32.2. The zero-order valence-corrected chi connectivity index (χ0v) is 13.6. The number of amides is 2. The summed E-state index contributed by atoms with van der Waals surface area (Å²) in [6.07, 6.45) is 0. The largest absolute Gasteiger partial charge is 0.397 e. The first kappa shape index (κ1) is 17.4. The molecule has 0 aliphatic carbocycles. The molecular weight excluding hydrogens is 332 g/mol. The number of rotatable bonds is 3. The average molecular weight is 348 g/mol. The SMILES string of the molecule is Cc1ccc(NC(=O)C(=O)Nc2ccc(S(N)(=O)=O)cc2)c(N)c1. The number of nitrogens with two attached hydrogens (primary N) is 2. The van der Waals surface area contributed by atoms with E-state index in [9.17, 15) is 18.0 Å². The van der Waals surface area contributed by atoms with Crippen LogP contribution in [0.1, 0.15) is 5.56 Å². The molecule has 126 valence electrons. The number of aryl methyl sites for hydroxylation is 1. The molecule has 0 spiro atoms. The molecule has 0 aromatic heterocycles. The lowest BCUT2D eigenvalue weighted by molar-refractivity contribution is -0.132. The Labute approximate surface area is 138 Å². The summed E-state index contributed by atoms with van der Waals surface area (Å²) in [5, 5.41) is 9.72. The summed E-state index contributed by atoms with van der Waals surface area (Å²) in [6, 6.07) is 10.1. The molecule has 8 nitrogen and oxygen atoms in total. The molecule has 0 saturated heterocycles. The van der Waals surface area contributed by atoms with E-state index in [-0.39, 0.29) is 10.6 Å². The molecule has 2 aromatic carbocycles. The highest BCUT2D eigenvalue weighted by molar-refractivity contribution is 7.89. The molecule has 2 rings (SSSR count). The van der Waals surface area contributed by atoms with Crippen LogP contribution < -0.4 is 21.5 Å². The van der Waals surface area contributed by atoms with Crippen molar-refractivity contribution in [2.24, 2.45) is 5.14 Å². The van der Waals surface area contributed by atoms with Crippen LogP contribution in [0.15, 0.2) is 47.4 Å². The molecular formula is C15H16N4O4S. The molecule has 0 heterocycles. The number of benzene rings is 2. The lowest BCUT2D eigenvalue weighted by Gasteiger charge is -2.09. The smallest absolute Gasteiger partial charge is 0.314 e. The van der Waals surface area contributed by atoms with Crippen molar-refractivity contribution in [3.05, 3.63) is 48.0 Å². The molecule has 2 aromatic rings. The molecule has 2 amide bonds. The van der Waals surface area contributed by atoms with Crippen molar-refractivity contribution >= 4 is 38.9 Å². The van der Waals surface area contributed by atoms with Gasteiger partial charge in [-0.25, -0.2) is 13.6 Å². The number of nitrogens with one attached hydrogen (secondary N) is 2. The van der Waals surface area contributed by atoms with Crippen LogP contribution in [0.25, 0.3) is 0 Å². The van der Waals surface area contributed by atoms with Crippen molar-refractivity contribution in [3.8, 4) is 0 Å². The Morgan fingerprint density at radius 1 is 0.958 bits per heavy atom. The fraction of sp³-hybridized carbons (Fsp3) is 0.0667. The van der Waals surface area contributed by atoms with Crippen LogP contribution in [0.4, 0.5) is 17.1 Å². The monoisotopic (exact) mass is 348 g/mol. The summed E-state index contributed by atoms with van der Waals surface area (Å²) in [4.78, 5) is 23.7. The molecule has 9 heteroatoms. The third-order valence-corrected chi connectivity index (χ3v) is 4.03. The minimum atomic E-state index is -3.82. The molecule has 0 aliphatic heterocycles. The van der Waals surface area contributed by atoms with Crippen molar-refractivity contribution in [1.29, 1.82) is 0 Å². The van der Waals surface area contributed by atoms with Gasteiger partial charge in [-0.2, -0.15) is 0 Å². The van der Waals surface area contributed by atoms with Gasteiger partial charge < -0.3 is 16.4 Å². The van der Waals surface area contributed by atoms with Crippen molar-refractivity contribution in [2.45, 2.75) is 11.8 Å². The lowest BCUT2D eigenvalue weighted by atomic mass is 10.2. The summed E-state index contributed by atoms with van der Waals surface area (Å²) in [5.74, 6) is -1.82. The van der Waals surface area contributed by atoms with Crippen LogP contribution >= 0.6 is 0 Å². The molecule has 0 bridgehead atoms. The highest BCUT2D eigenvalue weighted by Gasteiger charge is 2.16. The van der Waals surface area contributed by atoms with Crippen LogP contribution in [-0.4, -0.2) is 20.2 Å². The van der Waals surface area contributed by atoms with Gasteiger partial charge in [0.15, 0.2) is 0 Å². The van der Waals surface area contributed by atoms with E-state index in [1.807, 2.05) is 6.92 Å².